The molecule has 0 aliphatic carbocycles. The summed E-state index contributed by atoms with van der Waals surface area (Å²) in [5, 5.41) is 4.48. The van der Waals surface area contributed by atoms with E-state index in [-0.39, 0.29) is 5.91 Å². The summed E-state index contributed by atoms with van der Waals surface area (Å²) in [5.74, 6) is 1.04. The number of fused-ring (bicyclic) bond motifs is 3. The molecule has 0 spiro atoms. The van der Waals surface area contributed by atoms with Crippen LogP contribution >= 0.6 is 0 Å². The summed E-state index contributed by atoms with van der Waals surface area (Å²) in [7, 11) is 0. The number of hydrogen-bond donors (Lipinski definition) is 0. The van der Waals surface area contributed by atoms with Gasteiger partial charge in [-0.05, 0) is 45.2 Å². The first-order valence-electron chi connectivity index (χ1n) is 9.95. The molecule has 0 saturated carbocycles. The Bertz CT molecular complexity index is 611. The Kier molecular flexibility index (Phi) is 4.82. The van der Waals surface area contributed by atoms with Crippen molar-refractivity contribution in [1.29, 1.82) is 0 Å². The molecular formula is C19H31N5O. The van der Waals surface area contributed by atoms with Gasteiger partial charge >= 0.3 is 0 Å². The molecule has 1 amide bonds. The van der Waals surface area contributed by atoms with Crippen molar-refractivity contribution in [2.24, 2.45) is 5.92 Å². The first kappa shape index (κ1) is 17.0. The number of piperazine rings is 1. The highest BCUT2D eigenvalue weighted by Crippen LogP contribution is 2.31. The minimum absolute atomic E-state index is 0.161. The molecule has 0 aromatic carbocycles. The summed E-state index contributed by atoms with van der Waals surface area (Å²) in [6, 6.07) is 0.716. The Labute approximate surface area is 150 Å². The fourth-order valence-corrected chi connectivity index (χ4v) is 4.85. The van der Waals surface area contributed by atoms with Gasteiger partial charge < -0.3 is 9.80 Å². The van der Waals surface area contributed by atoms with Crippen molar-refractivity contribution in [1.82, 2.24) is 24.5 Å². The first-order valence-corrected chi connectivity index (χ1v) is 9.95. The van der Waals surface area contributed by atoms with Crippen LogP contribution in [0.5, 0.6) is 0 Å². The van der Waals surface area contributed by atoms with Crippen molar-refractivity contribution in [3.05, 3.63) is 17.5 Å². The molecule has 5 heterocycles. The molecule has 0 radical (unpaired) electrons. The van der Waals surface area contributed by atoms with Gasteiger partial charge in [0.25, 0.3) is 5.91 Å². The molecule has 6 heteroatoms. The van der Waals surface area contributed by atoms with Crippen LogP contribution < -0.4 is 0 Å². The van der Waals surface area contributed by atoms with Crippen LogP contribution in [-0.2, 0) is 6.54 Å². The lowest BCUT2D eigenvalue weighted by Crippen LogP contribution is -2.61. The Balaban J connectivity index is 1.36. The van der Waals surface area contributed by atoms with Gasteiger partial charge in [0.05, 0.1) is 11.3 Å². The van der Waals surface area contributed by atoms with Crippen LogP contribution in [0.3, 0.4) is 0 Å². The lowest BCUT2D eigenvalue weighted by atomic mass is 9.83. The second-order valence-corrected chi connectivity index (χ2v) is 7.92. The smallest absolute Gasteiger partial charge is 0.257 e. The van der Waals surface area contributed by atoms with Gasteiger partial charge in [0, 0.05) is 51.5 Å². The Hall–Kier alpha value is -1.40. The van der Waals surface area contributed by atoms with E-state index >= 15 is 0 Å². The minimum atomic E-state index is 0.161. The zero-order valence-corrected chi connectivity index (χ0v) is 15.7. The first-order chi connectivity index (χ1) is 12.2. The second kappa shape index (κ2) is 7.08. The van der Waals surface area contributed by atoms with Crippen molar-refractivity contribution < 1.29 is 4.79 Å². The molecular weight excluding hydrogens is 314 g/mol. The van der Waals surface area contributed by atoms with Crippen LogP contribution in [0, 0.1) is 12.8 Å². The highest BCUT2D eigenvalue weighted by Gasteiger charge is 2.38. The highest BCUT2D eigenvalue weighted by atomic mass is 16.2. The monoisotopic (exact) mass is 345 g/mol. The van der Waals surface area contributed by atoms with Gasteiger partial charge in [-0.25, -0.2) is 0 Å². The molecule has 4 aliphatic rings. The average Bonchev–Trinajstić information content (AvgIpc) is 3.03. The van der Waals surface area contributed by atoms with Gasteiger partial charge in [-0.2, -0.15) is 5.10 Å². The van der Waals surface area contributed by atoms with E-state index in [4.69, 9.17) is 0 Å². The summed E-state index contributed by atoms with van der Waals surface area (Å²) in [5.41, 5.74) is 1.64. The summed E-state index contributed by atoms with van der Waals surface area (Å²) in [4.78, 5) is 20.2. The molecule has 25 heavy (non-hydrogen) atoms. The molecule has 1 aromatic rings. The summed E-state index contributed by atoms with van der Waals surface area (Å²) < 4.78 is 1.91. The third kappa shape index (κ3) is 3.34. The van der Waals surface area contributed by atoms with Crippen molar-refractivity contribution in [2.45, 2.75) is 45.7 Å². The number of hydrogen-bond acceptors (Lipinski definition) is 4. The molecule has 6 nitrogen and oxygen atoms in total. The van der Waals surface area contributed by atoms with Crippen LogP contribution in [0.25, 0.3) is 0 Å². The number of amides is 1. The predicted molar refractivity (Wildman–Crippen MR) is 97.7 cm³/mol. The average molecular weight is 345 g/mol. The summed E-state index contributed by atoms with van der Waals surface area (Å²) in [6.07, 6.45) is 5.69. The third-order valence-electron chi connectivity index (χ3n) is 6.32. The summed E-state index contributed by atoms with van der Waals surface area (Å²) >= 11 is 0. The van der Waals surface area contributed by atoms with Crippen LogP contribution in [0.15, 0.2) is 6.20 Å². The topological polar surface area (TPSA) is 44.6 Å². The van der Waals surface area contributed by atoms with E-state index < -0.39 is 0 Å². The standard InChI is InChI=1S/C19H31N5O/c1-3-6-24-13-17(15(2)20-24)19(25)23-11-9-22(10-12-23)18-14-21-7-4-16(18)5-8-21/h13,16,18H,3-12,14H2,1-2H3. The lowest BCUT2D eigenvalue weighted by Gasteiger charge is -2.51. The molecule has 0 N–H and O–H groups in total. The molecule has 2 bridgehead atoms. The number of nitrogens with zero attached hydrogens (tertiary/aromatic N) is 5. The molecule has 1 unspecified atom stereocenters. The fourth-order valence-electron chi connectivity index (χ4n) is 4.85. The van der Waals surface area contributed by atoms with E-state index in [1.54, 1.807) is 0 Å². The van der Waals surface area contributed by atoms with Crippen LogP contribution in [0.4, 0.5) is 0 Å². The zero-order valence-electron chi connectivity index (χ0n) is 15.7. The maximum Gasteiger partial charge on any atom is 0.257 e. The van der Waals surface area contributed by atoms with E-state index in [9.17, 15) is 4.79 Å². The van der Waals surface area contributed by atoms with Crippen LogP contribution in [-0.4, -0.2) is 82.2 Å². The third-order valence-corrected chi connectivity index (χ3v) is 6.32. The van der Waals surface area contributed by atoms with E-state index in [0.717, 1.165) is 56.3 Å². The Morgan fingerprint density at radius 1 is 1.16 bits per heavy atom. The Morgan fingerprint density at radius 3 is 2.48 bits per heavy atom. The SMILES string of the molecule is CCCn1cc(C(=O)N2CCN(C3CN4CCC3CC4)CC2)c(C)n1. The van der Waals surface area contributed by atoms with E-state index in [2.05, 4.69) is 21.8 Å². The molecule has 1 aromatic heterocycles. The maximum absolute atomic E-state index is 12.9. The normalized spacial score (nSPS) is 30.0. The number of piperidine rings is 3. The van der Waals surface area contributed by atoms with Gasteiger partial charge in [-0.3, -0.25) is 14.4 Å². The molecule has 138 valence electrons. The number of carbonyl (C=O) groups is 1. The van der Waals surface area contributed by atoms with Gasteiger partial charge in [0.2, 0.25) is 0 Å². The van der Waals surface area contributed by atoms with Gasteiger partial charge in [0.1, 0.15) is 0 Å². The van der Waals surface area contributed by atoms with Crippen molar-refractivity contribution in [2.75, 3.05) is 45.8 Å². The van der Waals surface area contributed by atoms with Crippen LogP contribution in [0.1, 0.15) is 42.2 Å². The van der Waals surface area contributed by atoms with Crippen molar-refractivity contribution >= 4 is 5.91 Å². The van der Waals surface area contributed by atoms with E-state index in [0.29, 0.717) is 6.04 Å². The quantitative estimate of drug-likeness (QED) is 0.829. The zero-order chi connectivity index (χ0) is 17.4. The number of rotatable bonds is 4. The van der Waals surface area contributed by atoms with Gasteiger partial charge in [-0.1, -0.05) is 6.92 Å². The van der Waals surface area contributed by atoms with E-state index in [1.807, 2.05) is 22.7 Å². The predicted octanol–water partition coefficient (Wildman–Crippen LogP) is 1.45. The largest absolute Gasteiger partial charge is 0.336 e. The molecule has 1 atom stereocenters. The molecule has 4 fully saturated rings. The second-order valence-electron chi connectivity index (χ2n) is 7.92. The van der Waals surface area contributed by atoms with Crippen molar-refractivity contribution in [3.8, 4) is 0 Å². The van der Waals surface area contributed by atoms with Gasteiger partial charge in [-0.15, -0.1) is 0 Å². The molecule has 5 rings (SSSR count). The Morgan fingerprint density at radius 2 is 1.88 bits per heavy atom. The van der Waals surface area contributed by atoms with E-state index in [1.165, 1.54) is 32.5 Å². The molecule has 4 saturated heterocycles. The van der Waals surface area contributed by atoms with Gasteiger partial charge in [0.15, 0.2) is 0 Å². The highest BCUT2D eigenvalue weighted by molar-refractivity contribution is 5.95. The molecule has 4 aliphatic heterocycles. The maximum atomic E-state index is 12.9. The lowest BCUT2D eigenvalue weighted by molar-refractivity contribution is -0.0131. The summed E-state index contributed by atoms with van der Waals surface area (Å²) in [6.45, 7) is 12.5. The number of carbonyl (C=O) groups excluding carboxylic acids is 1. The number of aryl methyl sites for hydroxylation is 2. The van der Waals surface area contributed by atoms with Crippen molar-refractivity contribution in [3.63, 3.8) is 0 Å². The fraction of sp³-hybridized carbons (Fsp3) is 0.789. The minimum Gasteiger partial charge on any atom is -0.336 e. The van der Waals surface area contributed by atoms with Crippen LogP contribution in [0.2, 0.25) is 0 Å². The number of aromatic nitrogens is 2.